The van der Waals surface area contributed by atoms with E-state index in [1.165, 1.54) is 77.4 Å². The fourth-order valence-corrected chi connectivity index (χ4v) is 4.05. The van der Waals surface area contributed by atoms with E-state index < -0.39 is 0 Å². The third-order valence-electron chi connectivity index (χ3n) is 4.95. The summed E-state index contributed by atoms with van der Waals surface area (Å²) in [4.78, 5) is 2.72. The van der Waals surface area contributed by atoms with Gasteiger partial charge in [-0.1, -0.05) is 39.5 Å². The van der Waals surface area contributed by atoms with Crippen molar-refractivity contribution in [1.82, 2.24) is 10.2 Å². The molecule has 2 unspecified atom stereocenters. The van der Waals surface area contributed by atoms with Gasteiger partial charge in [0.15, 0.2) is 0 Å². The quantitative estimate of drug-likeness (QED) is 0.754. The predicted molar refractivity (Wildman–Crippen MR) is 83.5 cm³/mol. The Bertz CT molecular complexity index is 235. The first-order chi connectivity index (χ1) is 9.31. The molecule has 2 heteroatoms. The van der Waals surface area contributed by atoms with E-state index in [4.69, 9.17) is 0 Å². The zero-order valence-corrected chi connectivity index (χ0v) is 13.2. The highest BCUT2D eigenvalue weighted by Crippen LogP contribution is 2.25. The van der Waals surface area contributed by atoms with Gasteiger partial charge in [-0.15, -0.1) is 0 Å². The van der Waals surface area contributed by atoms with Crippen LogP contribution in [0.3, 0.4) is 0 Å². The molecule has 112 valence electrons. The molecule has 1 saturated heterocycles. The highest BCUT2D eigenvalue weighted by molar-refractivity contribution is 4.87. The van der Waals surface area contributed by atoms with Crippen LogP contribution in [0.5, 0.6) is 0 Å². The SMILES string of the molecule is CCCCC1CC(NC2CCCC2)CN(CCC)C1. The molecule has 0 radical (unpaired) electrons. The molecule has 0 aromatic heterocycles. The molecule has 2 nitrogen and oxygen atoms in total. The lowest BCUT2D eigenvalue weighted by Gasteiger charge is -2.39. The minimum absolute atomic E-state index is 0.769. The zero-order valence-electron chi connectivity index (χ0n) is 13.2. The monoisotopic (exact) mass is 266 g/mol. The molecule has 1 heterocycles. The maximum Gasteiger partial charge on any atom is 0.0200 e. The number of unbranched alkanes of at least 4 members (excludes halogenated alkanes) is 1. The van der Waals surface area contributed by atoms with Gasteiger partial charge in [0.2, 0.25) is 0 Å². The van der Waals surface area contributed by atoms with Gasteiger partial charge in [0.25, 0.3) is 0 Å². The van der Waals surface area contributed by atoms with E-state index in [0.29, 0.717) is 0 Å². The van der Waals surface area contributed by atoms with Crippen molar-refractivity contribution in [3.05, 3.63) is 0 Å². The normalized spacial score (nSPS) is 30.0. The molecule has 1 aliphatic carbocycles. The molecule has 1 N–H and O–H groups in total. The fraction of sp³-hybridized carbons (Fsp3) is 1.00. The van der Waals surface area contributed by atoms with Gasteiger partial charge in [-0.05, 0) is 44.6 Å². The second kappa shape index (κ2) is 8.26. The molecule has 0 aromatic carbocycles. The third kappa shape index (κ3) is 5.07. The number of likely N-dealkylation sites (tertiary alicyclic amines) is 1. The lowest BCUT2D eigenvalue weighted by molar-refractivity contribution is 0.129. The molecule has 1 aliphatic heterocycles. The van der Waals surface area contributed by atoms with E-state index in [1.54, 1.807) is 0 Å². The highest BCUT2D eigenvalue weighted by Gasteiger charge is 2.28. The second-order valence-electron chi connectivity index (χ2n) is 6.85. The second-order valence-corrected chi connectivity index (χ2v) is 6.85. The van der Waals surface area contributed by atoms with Crippen LogP contribution in [0, 0.1) is 5.92 Å². The van der Waals surface area contributed by atoms with Crippen molar-refractivity contribution in [1.29, 1.82) is 0 Å². The lowest BCUT2D eigenvalue weighted by atomic mass is 9.89. The number of piperidine rings is 1. The lowest BCUT2D eigenvalue weighted by Crippen LogP contribution is -2.51. The number of nitrogens with zero attached hydrogens (tertiary/aromatic N) is 1. The van der Waals surface area contributed by atoms with Crippen LogP contribution in [0.15, 0.2) is 0 Å². The Balaban J connectivity index is 1.81. The molecular weight excluding hydrogens is 232 g/mol. The van der Waals surface area contributed by atoms with Crippen LogP contribution in [-0.4, -0.2) is 36.6 Å². The van der Waals surface area contributed by atoms with Crippen LogP contribution < -0.4 is 5.32 Å². The molecule has 19 heavy (non-hydrogen) atoms. The predicted octanol–water partition coefficient (Wildman–Crippen LogP) is 3.81. The molecule has 1 saturated carbocycles. The summed E-state index contributed by atoms with van der Waals surface area (Å²) in [5, 5.41) is 3.97. The van der Waals surface area contributed by atoms with Crippen LogP contribution in [-0.2, 0) is 0 Å². The van der Waals surface area contributed by atoms with E-state index in [9.17, 15) is 0 Å². The smallest absolute Gasteiger partial charge is 0.0200 e. The average molecular weight is 266 g/mol. The molecule has 2 fully saturated rings. The van der Waals surface area contributed by atoms with E-state index in [0.717, 1.165) is 18.0 Å². The number of nitrogens with one attached hydrogen (secondary N) is 1. The third-order valence-corrected chi connectivity index (χ3v) is 4.95. The fourth-order valence-electron chi connectivity index (χ4n) is 4.05. The van der Waals surface area contributed by atoms with E-state index >= 15 is 0 Å². The van der Waals surface area contributed by atoms with E-state index in [1.807, 2.05) is 0 Å². The van der Waals surface area contributed by atoms with Gasteiger partial charge in [-0.3, -0.25) is 0 Å². The van der Waals surface area contributed by atoms with Crippen molar-refractivity contribution in [3.8, 4) is 0 Å². The number of hydrogen-bond donors (Lipinski definition) is 1. The summed E-state index contributed by atoms with van der Waals surface area (Å²) in [5.41, 5.74) is 0. The van der Waals surface area contributed by atoms with Crippen molar-refractivity contribution < 1.29 is 0 Å². The van der Waals surface area contributed by atoms with Crippen molar-refractivity contribution in [2.24, 2.45) is 5.92 Å². The van der Waals surface area contributed by atoms with Crippen molar-refractivity contribution >= 4 is 0 Å². The number of hydrogen-bond acceptors (Lipinski definition) is 2. The Kier molecular flexibility index (Phi) is 6.66. The molecule has 2 atom stereocenters. The van der Waals surface area contributed by atoms with Crippen molar-refractivity contribution in [3.63, 3.8) is 0 Å². The number of rotatable bonds is 7. The molecule has 0 aromatic rings. The Morgan fingerprint density at radius 1 is 1.00 bits per heavy atom. The first kappa shape index (κ1) is 15.3. The van der Waals surface area contributed by atoms with Gasteiger partial charge in [0, 0.05) is 25.2 Å². The van der Waals surface area contributed by atoms with Crippen LogP contribution in [0.1, 0.15) is 71.6 Å². The van der Waals surface area contributed by atoms with Gasteiger partial charge in [0.05, 0.1) is 0 Å². The van der Waals surface area contributed by atoms with E-state index in [-0.39, 0.29) is 0 Å². The summed E-state index contributed by atoms with van der Waals surface area (Å²) in [6.45, 7) is 8.59. The van der Waals surface area contributed by atoms with Crippen LogP contribution in [0.2, 0.25) is 0 Å². The Hall–Kier alpha value is -0.0800. The van der Waals surface area contributed by atoms with Gasteiger partial charge in [-0.2, -0.15) is 0 Å². The molecular formula is C17H34N2. The summed E-state index contributed by atoms with van der Waals surface area (Å²) < 4.78 is 0. The Morgan fingerprint density at radius 3 is 2.47 bits per heavy atom. The molecule has 0 spiro atoms. The Labute approximate surface area is 120 Å². The Morgan fingerprint density at radius 2 is 1.79 bits per heavy atom. The van der Waals surface area contributed by atoms with Crippen LogP contribution in [0.4, 0.5) is 0 Å². The summed E-state index contributed by atoms with van der Waals surface area (Å²) in [5.74, 6) is 0.944. The largest absolute Gasteiger partial charge is 0.310 e. The molecule has 2 rings (SSSR count). The minimum atomic E-state index is 0.769. The average Bonchev–Trinajstić information content (AvgIpc) is 2.89. The van der Waals surface area contributed by atoms with Gasteiger partial charge in [0.1, 0.15) is 0 Å². The highest BCUT2D eigenvalue weighted by atomic mass is 15.2. The van der Waals surface area contributed by atoms with Gasteiger partial charge >= 0.3 is 0 Å². The van der Waals surface area contributed by atoms with Crippen LogP contribution in [0.25, 0.3) is 0 Å². The maximum atomic E-state index is 3.97. The zero-order chi connectivity index (χ0) is 13.5. The summed E-state index contributed by atoms with van der Waals surface area (Å²) in [7, 11) is 0. The minimum Gasteiger partial charge on any atom is -0.310 e. The molecule has 0 amide bonds. The standard InChI is InChI=1S/C17H34N2/c1-3-5-8-15-12-17(14-19(13-15)11-4-2)18-16-9-6-7-10-16/h15-18H,3-14H2,1-2H3. The summed E-state index contributed by atoms with van der Waals surface area (Å²) >= 11 is 0. The van der Waals surface area contributed by atoms with E-state index in [2.05, 4.69) is 24.1 Å². The first-order valence-corrected chi connectivity index (χ1v) is 8.80. The maximum absolute atomic E-state index is 3.97. The summed E-state index contributed by atoms with van der Waals surface area (Å²) in [6, 6.07) is 1.60. The molecule has 2 aliphatic rings. The molecule has 0 bridgehead atoms. The van der Waals surface area contributed by atoms with Gasteiger partial charge < -0.3 is 10.2 Å². The first-order valence-electron chi connectivity index (χ1n) is 8.80. The van der Waals surface area contributed by atoms with Gasteiger partial charge in [-0.25, -0.2) is 0 Å². The van der Waals surface area contributed by atoms with Crippen molar-refractivity contribution in [2.75, 3.05) is 19.6 Å². The van der Waals surface area contributed by atoms with Crippen molar-refractivity contribution in [2.45, 2.75) is 83.7 Å². The topological polar surface area (TPSA) is 15.3 Å². The summed E-state index contributed by atoms with van der Waals surface area (Å²) in [6.07, 6.45) is 12.7. The van der Waals surface area contributed by atoms with Crippen LogP contribution >= 0.6 is 0 Å².